The molecule has 3 heteroatoms. The van der Waals surface area contributed by atoms with Crippen LogP contribution in [0.5, 0.6) is 0 Å². The first-order valence-electron chi connectivity index (χ1n) is 5.35. The van der Waals surface area contributed by atoms with Gasteiger partial charge in [0.05, 0.1) is 0 Å². The normalized spacial score (nSPS) is 30.1. The van der Waals surface area contributed by atoms with Crippen LogP contribution in [0.15, 0.2) is 11.6 Å². The van der Waals surface area contributed by atoms with Crippen LogP contribution in [0.1, 0.15) is 43.7 Å². The van der Waals surface area contributed by atoms with Crippen LogP contribution in [-0.4, -0.2) is 10.1 Å². The Morgan fingerprint density at radius 1 is 1.57 bits per heavy atom. The van der Waals surface area contributed by atoms with Crippen molar-refractivity contribution in [3.05, 3.63) is 16.6 Å². The van der Waals surface area contributed by atoms with Crippen LogP contribution >= 0.6 is 11.3 Å². The van der Waals surface area contributed by atoms with Crippen molar-refractivity contribution < 1.29 is 5.11 Å². The Balaban J connectivity index is 2.00. The number of hydrogen-bond acceptors (Lipinski definition) is 3. The number of aliphatic hydroxyl groups excluding tert-OH is 1. The van der Waals surface area contributed by atoms with Gasteiger partial charge in [-0.1, -0.05) is 19.8 Å². The molecule has 0 aliphatic heterocycles. The van der Waals surface area contributed by atoms with E-state index >= 15 is 0 Å². The highest BCUT2D eigenvalue weighted by molar-refractivity contribution is 7.09. The lowest BCUT2D eigenvalue weighted by atomic mass is 9.80. The smallest absolute Gasteiger partial charge is 0.121 e. The van der Waals surface area contributed by atoms with E-state index in [4.69, 9.17) is 0 Å². The van der Waals surface area contributed by atoms with E-state index in [0.29, 0.717) is 5.92 Å². The van der Waals surface area contributed by atoms with Gasteiger partial charge in [-0.2, -0.15) is 0 Å². The van der Waals surface area contributed by atoms with Crippen LogP contribution in [0, 0.1) is 11.8 Å². The molecule has 0 saturated heterocycles. The minimum absolute atomic E-state index is 0.322. The zero-order valence-corrected chi connectivity index (χ0v) is 9.33. The van der Waals surface area contributed by atoms with Crippen molar-refractivity contribution in [3.8, 4) is 0 Å². The maximum absolute atomic E-state index is 10.1. The lowest BCUT2D eigenvalue weighted by Crippen LogP contribution is -2.20. The van der Waals surface area contributed by atoms with Crippen LogP contribution in [0.4, 0.5) is 0 Å². The molecule has 78 valence electrons. The van der Waals surface area contributed by atoms with Crippen molar-refractivity contribution in [2.45, 2.75) is 38.7 Å². The Hall–Kier alpha value is -0.410. The quantitative estimate of drug-likeness (QED) is 0.815. The molecule has 1 fully saturated rings. The summed E-state index contributed by atoms with van der Waals surface area (Å²) in [6, 6.07) is 0. The van der Waals surface area contributed by atoms with Gasteiger partial charge in [-0.3, -0.25) is 0 Å². The standard InChI is InChI=1S/C11H17NOS/c1-8-3-2-4-9(7-8)10(13)11-12-5-6-14-11/h5-6,8-10,13H,2-4,7H2,1H3. The van der Waals surface area contributed by atoms with Crippen molar-refractivity contribution in [3.63, 3.8) is 0 Å². The summed E-state index contributed by atoms with van der Waals surface area (Å²) in [4.78, 5) is 4.18. The average Bonchev–Trinajstić information content (AvgIpc) is 2.69. The van der Waals surface area contributed by atoms with Gasteiger partial charge in [-0.25, -0.2) is 4.98 Å². The molecule has 1 aromatic heterocycles. The van der Waals surface area contributed by atoms with Gasteiger partial charge in [0.1, 0.15) is 11.1 Å². The number of hydrogen-bond donors (Lipinski definition) is 1. The van der Waals surface area contributed by atoms with E-state index in [9.17, 15) is 5.11 Å². The molecule has 1 N–H and O–H groups in total. The summed E-state index contributed by atoms with van der Waals surface area (Å²) in [5.41, 5.74) is 0. The summed E-state index contributed by atoms with van der Waals surface area (Å²) in [7, 11) is 0. The first-order chi connectivity index (χ1) is 6.77. The summed E-state index contributed by atoms with van der Waals surface area (Å²) in [6.45, 7) is 2.28. The Labute approximate surface area is 89.0 Å². The fourth-order valence-electron chi connectivity index (χ4n) is 2.35. The van der Waals surface area contributed by atoms with Crippen LogP contribution in [0.2, 0.25) is 0 Å². The first kappa shape index (κ1) is 10.1. The summed E-state index contributed by atoms with van der Waals surface area (Å²) in [6.07, 6.45) is 6.34. The number of aromatic nitrogens is 1. The van der Waals surface area contributed by atoms with E-state index in [1.54, 1.807) is 17.5 Å². The summed E-state index contributed by atoms with van der Waals surface area (Å²) >= 11 is 1.56. The van der Waals surface area contributed by atoms with E-state index in [2.05, 4.69) is 11.9 Å². The van der Waals surface area contributed by atoms with E-state index in [1.165, 1.54) is 12.8 Å². The molecule has 1 aromatic rings. The van der Waals surface area contributed by atoms with Gasteiger partial charge in [0.25, 0.3) is 0 Å². The van der Waals surface area contributed by atoms with Crippen molar-refractivity contribution in [1.29, 1.82) is 0 Å². The molecule has 1 heterocycles. The highest BCUT2D eigenvalue weighted by Gasteiger charge is 2.27. The maximum atomic E-state index is 10.1. The fourth-order valence-corrected chi connectivity index (χ4v) is 3.06. The number of aliphatic hydroxyl groups is 1. The summed E-state index contributed by atoms with van der Waals surface area (Å²) < 4.78 is 0. The van der Waals surface area contributed by atoms with Crippen molar-refractivity contribution >= 4 is 11.3 Å². The molecule has 3 unspecified atom stereocenters. The zero-order valence-electron chi connectivity index (χ0n) is 8.52. The number of thiazole rings is 1. The van der Waals surface area contributed by atoms with Crippen LogP contribution < -0.4 is 0 Å². The topological polar surface area (TPSA) is 33.1 Å². The molecule has 0 bridgehead atoms. The summed E-state index contributed by atoms with van der Waals surface area (Å²) in [5.74, 6) is 1.20. The van der Waals surface area contributed by atoms with Crippen LogP contribution in [0.25, 0.3) is 0 Å². The number of rotatable bonds is 2. The maximum Gasteiger partial charge on any atom is 0.121 e. The van der Waals surface area contributed by atoms with Crippen LogP contribution in [-0.2, 0) is 0 Å². The van der Waals surface area contributed by atoms with Gasteiger partial charge in [-0.05, 0) is 24.7 Å². The Morgan fingerprint density at radius 2 is 2.43 bits per heavy atom. The molecule has 14 heavy (non-hydrogen) atoms. The van der Waals surface area contributed by atoms with E-state index in [1.807, 2.05) is 5.38 Å². The predicted molar refractivity (Wildman–Crippen MR) is 58.2 cm³/mol. The SMILES string of the molecule is CC1CCCC(C(O)c2nccs2)C1. The zero-order chi connectivity index (χ0) is 9.97. The van der Waals surface area contributed by atoms with Crippen molar-refractivity contribution in [2.24, 2.45) is 11.8 Å². The molecule has 0 spiro atoms. The average molecular weight is 211 g/mol. The molecule has 2 rings (SSSR count). The van der Waals surface area contributed by atoms with Crippen molar-refractivity contribution in [1.82, 2.24) is 4.98 Å². The molecule has 1 aliphatic rings. The van der Waals surface area contributed by atoms with Gasteiger partial charge in [-0.15, -0.1) is 11.3 Å². The fraction of sp³-hybridized carbons (Fsp3) is 0.727. The van der Waals surface area contributed by atoms with Gasteiger partial charge in [0.2, 0.25) is 0 Å². The lowest BCUT2D eigenvalue weighted by Gasteiger charge is -2.29. The highest BCUT2D eigenvalue weighted by atomic mass is 32.1. The van der Waals surface area contributed by atoms with Gasteiger partial charge >= 0.3 is 0 Å². The minimum atomic E-state index is -0.322. The first-order valence-corrected chi connectivity index (χ1v) is 6.23. The molecular weight excluding hydrogens is 194 g/mol. The van der Waals surface area contributed by atoms with Gasteiger partial charge < -0.3 is 5.11 Å². The third kappa shape index (κ3) is 2.15. The van der Waals surface area contributed by atoms with E-state index in [-0.39, 0.29) is 6.10 Å². The second-order valence-corrected chi connectivity index (χ2v) is 5.27. The van der Waals surface area contributed by atoms with E-state index in [0.717, 1.165) is 23.8 Å². The molecule has 2 nitrogen and oxygen atoms in total. The molecule has 1 saturated carbocycles. The molecule has 0 amide bonds. The molecule has 3 atom stereocenters. The second-order valence-electron chi connectivity index (χ2n) is 4.35. The molecule has 0 radical (unpaired) electrons. The Morgan fingerprint density at radius 3 is 3.07 bits per heavy atom. The van der Waals surface area contributed by atoms with E-state index < -0.39 is 0 Å². The predicted octanol–water partition coefficient (Wildman–Crippen LogP) is 3.00. The monoisotopic (exact) mass is 211 g/mol. The largest absolute Gasteiger partial charge is 0.386 e. The Kier molecular flexibility index (Phi) is 3.19. The van der Waals surface area contributed by atoms with Crippen molar-refractivity contribution in [2.75, 3.05) is 0 Å². The highest BCUT2D eigenvalue weighted by Crippen LogP contribution is 2.37. The van der Waals surface area contributed by atoms with Gasteiger partial charge in [0.15, 0.2) is 0 Å². The molecule has 1 aliphatic carbocycles. The third-order valence-electron chi connectivity index (χ3n) is 3.13. The summed E-state index contributed by atoms with van der Waals surface area (Å²) in [5, 5.41) is 12.9. The van der Waals surface area contributed by atoms with Crippen LogP contribution in [0.3, 0.4) is 0 Å². The Bertz CT molecular complexity index is 273. The number of nitrogens with zero attached hydrogens (tertiary/aromatic N) is 1. The lowest BCUT2D eigenvalue weighted by molar-refractivity contribution is 0.0712. The molecule has 0 aromatic carbocycles. The molecular formula is C11H17NOS. The third-order valence-corrected chi connectivity index (χ3v) is 3.97. The second kappa shape index (κ2) is 4.41. The van der Waals surface area contributed by atoms with Gasteiger partial charge in [0, 0.05) is 11.6 Å². The minimum Gasteiger partial charge on any atom is -0.386 e.